The normalized spacial score (nSPS) is 11.4. The second-order valence-electron chi connectivity index (χ2n) is 4.59. The average molecular weight is 252 g/mol. The lowest BCUT2D eigenvalue weighted by Crippen LogP contribution is -1.89. The van der Waals surface area contributed by atoms with Gasteiger partial charge in [-0.05, 0) is 44.6 Å². The van der Waals surface area contributed by atoms with Crippen molar-refractivity contribution in [2.75, 3.05) is 0 Å². The molecular formula is C16H28O2. The maximum Gasteiger partial charge on any atom is 0.307 e. The predicted octanol–water partition coefficient (Wildman–Crippen LogP) is 5.15. The summed E-state index contributed by atoms with van der Waals surface area (Å²) >= 11 is 0. The van der Waals surface area contributed by atoms with E-state index in [1.54, 1.807) is 0 Å². The molecule has 0 aliphatic carbocycles. The van der Waals surface area contributed by atoms with E-state index in [4.69, 9.17) is 4.74 Å². The van der Waals surface area contributed by atoms with Crippen molar-refractivity contribution < 1.29 is 9.53 Å². The van der Waals surface area contributed by atoms with Crippen LogP contribution in [0.15, 0.2) is 24.5 Å². The molecule has 0 spiro atoms. The van der Waals surface area contributed by atoms with Gasteiger partial charge in [-0.15, -0.1) is 0 Å². The minimum Gasteiger partial charge on any atom is -0.435 e. The Bertz CT molecular complexity index is 241. The minimum absolute atomic E-state index is 0.250. The Morgan fingerprint density at radius 1 is 0.889 bits per heavy atom. The van der Waals surface area contributed by atoms with E-state index in [-0.39, 0.29) is 5.97 Å². The summed E-state index contributed by atoms with van der Waals surface area (Å²) in [5.41, 5.74) is 0. The first-order valence-electron chi connectivity index (χ1n) is 7.24. The Kier molecular flexibility index (Phi) is 13.2. The molecule has 0 saturated heterocycles. The smallest absolute Gasteiger partial charge is 0.307 e. The lowest BCUT2D eigenvalue weighted by molar-refractivity contribution is -0.135. The molecule has 0 atom stereocenters. The standard InChI is InChI=1S/C16H28O2/c1-3-4-5-6-7-8-9-10-11-12-13-14-15-18-16(2)17/h7-8,14-15H,3-6,9-13H2,1-2H3. The van der Waals surface area contributed by atoms with Crippen LogP contribution in [-0.2, 0) is 9.53 Å². The molecule has 0 N–H and O–H groups in total. The minimum atomic E-state index is -0.250. The van der Waals surface area contributed by atoms with Crippen molar-refractivity contribution in [2.24, 2.45) is 0 Å². The van der Waals surface area contributed by atoms with Gasteiger partial charge in [-0.1, -0.05) is 38.3 Å². The number of unbranched alkanes of at least 4 members (excludes halogenated alkanes) is 7. The highest BCUT2D eigenvalue weighted by molar-refractivity contribution is 5.66. The summed E-state index contributed by atoms with van der Waals surface area (Å²) in [5.74, 6) is -0.250. The van der Waals surface area contributed by atoms with Gasteiger partial charge in [-0.3, -0.25) is 4.79 Å². The van der Waals surface area contributed by atoms with Crippen LogP contribution in [0.1, 0.15) is 71.6 Å². The molecule has 0 aliphatic rings. The Balaban J connectivity index is 3.15. The second-order valence-corrected chi connectivity index (χ2v) is 4.59. The number of rotatable bonds is 11. The van der Waals surface area contributed by atoms with Gasteiger partial charge in [0.15, 0.2) is 0 Å². The fraction of sp³-hybridized carbons (Fsp3) is 0.688. The van der Waals surface area contributed by atoms with Crippen LogP contribution in [0.25, 0.3) is 0 Å². The van der Waals surface area contributed by atoms with Gasteiger partial charge in [0, 0.05) is 6.92 Å². The third-order valence-electron chi connectivity index (χ3n) is 2.71. The van der Waals surface area contributed by atoms with Gasteiger partial charge in [0.25, 0.3) is 0 Å². The molecule has 0 heterocycles. The number of allylic oxidation sites excluding steroid dienone is 3. The zero-order valence-electron chi connectivity index (χ0n) is 12.0. The first kappa shape index (κ1) is 16.9. The number of carbonyl (C=O) groups excluding carboxylic acids is 1. The maximum absolute atomic E-state index is 10.5. The maximum atomic E-state index is 10.5. The van der Waals surface area contributed by atoms with Crippen molar-refractivity contribution in [2.45, 2.75) is 71.6 Å². The number of hydrogen-bond donors (Lipinski definition) is 0. The fourth-order valence-corrected chi connectivity index (χ4v) is 1.66. The van der Waals surface area contributed by atoms with Crippen molar-refractivity contribution in [3.8, 4) is 0 Å². The molecule has 18 heavy (non-hydrogen) atoms. The summed E-state index contributed by atoms with van der Waals surface area (Å²) in [7, 11) is 0. The number of ether oxygens (including phenoxy) is 1. The van der Waals surface area contributed by atoms with E-state index in [2.05, 4.69) is 19.1 Å². The van der Waals surface area contributed by atoms with E-state index in [0.29, 0.717) is 0 Å². The molecule has 0 saturated carbocycles. The third kappa shape index (κ3) is 14.9. The molecule has 0 aromatic rings. The average Bonchev–Trinajstić information content (AvgIpc) is 2.34. The summed E-state index contributed by atoms with van der Waals surface area (Å²) in [6.07, 6.45) is 19.1. The zero-order valence-corrected chi connectivity index (χ0v) is 12.0. The van der Waals surface area contributed by atoms with Crippen LogP contribution in [0.2, 0.25) is 0 Å². The summed E-state index contributed by atoms with van der Waals surface area (Å²) in [6.45, 7) is 3.65. The fourth-order valence-electron chi connectivity index (χ4n) is 1.66. The quantitative estimate of drug-likeness (QED) is 0.220. The summed E-state index contributed by atoms with van der Waals surface area (Å²) in [5, 5.41) is 0. The highest BCUT2D eigenvalue weighted by Gasteiger charge is 1.88. The van der Waals surface area contributed by atoms with Crippen molar-refractivity contribution in [3.63, 3.8) is 0 Å². The zero-order chi connectivity index (χ0) is 13.5. The molecule has 0 bridgehead atoms. The van der Waals surface area contributed by atoms with Crippen LogP contribution in [-0.4, -0.2) is 5.97 Å². The van der Waals surface area contributed by atoms with E-state index >= 15 is 0 Å². The molecule has 2 nitrogen and oxygen atoms in total. The van der Waals surface area contributed by atoms with E-state index < -0.39 is 0 Å². The van der Waals surface area contributed by atoms with Gasteiger partial charge in [0.05, 0.1) is 6.26 Å². The number of carbonyl (C=O) groups is 1. The predicted molar refractivity (Wildman–Crippen MR) is 77.3 cm³/mol. The first-order chi connectivity index (χ1) is 8.77. The number of hydrogen-bond acceptors (Lipinski definition) is 2. The molecular weight excluding hydrogens is 224 g/mol. The Morgan fingerprint density at radius 3 is 2.00 bits per heavy atom. The SMILES string of the molecule is CCCCCC=CCCCCCC=COC(C)=O. The Hall–Kier alpha value is -1.05. The molecule has 0 unspecified atom stereocenters. The molecule has 0 aromatic heterocycles. The summed E-state index contributed by atoms with van der Waals surface area (Å²) in [6, 6.07) is 0. The highest BCUT2D eigenvalue weighted by Crippen LogP contribution is 2.06. The largest absolute Gasteiger partial charge is 0.435 e. The van der Waals surface area contributed by atoms with Crippen molar-refractivity contribution in [1.82, 2.24) is 0 Å². The van der Waals surface area contributed by atoms with Crippen molar-refractivity contribution >= 4 is 5.97 Å². The van der Waals surface area contributed by atoms with Gasteiger partial charge in [0.1, 0.15) is 0 Å². The van der Waals surface area contributed by atoms with E-state index in [1.807, 2.05) is 6.08 Å². The van der Waals surface area contributed by atoms with Crippen LogP contribution < -0.4 is 0 Å². The van der Waals surface area contributed by atoms with E-state index in [1.165, 1.54) is 64.6 Å². The summed E-state index contributed by atoms with van der Waals surface area (Å²) < 4.78 is 4.70. The molecule has 2 heteroatoms. The van der Waals surface area contributed by atoms with Crippen LogP contribution in [0.4, 0.5) is 0 Å². The molecule has 0 aliphatic heterocycles. The van der Waals surface area contributed by atoms with Gasteiger partial charge in [-0.25, -0.2) is 0 Å². The molecule has 0 radical (unpaired) electrons. The third-order valence-corrected chi connectivity index (χ3v) is 2.71. The highest BCUT2D eigenvalue weighted by atomic mass is 16.5. The molecule has 0 fully saturated rings. The second kappa shape index (κ2) is 14.0. The monoisotopic (exact) mass is 252 g/mol. The van der Waals surface area contributed by atoms with Gasteiger partial charge in [-0.2, -0.15) is 0 Å². The van der Waals surface area contributed by atoms with Gasteiger partial charge in [0.2, 0.25) is 0 Å². The van der Waals surface area contributed by atoms with Crippen molar-refractivity contribution in [1.29, 1.82) is 0 Å². The van der Waals surface area contributed by atoms with Crippen molar-refractivity contribution in [3.05, 3.63) is 24.5 Å². The van der Waals surface area contributed by atoms with Gasteiger partial charge < -0.3 is 4.74 Å². The topological polar surface area (TPSA) is 26.3 Å². The van der Waals surface area contributed by atoms with E-state index in [0.717, 1.165) is 6.42 Å². The first-order valence-corrected chi connectivity index (χ1v) is 7.24. The molecule has 0 amide bonds. The van der Waals surface area contributed by atoms with Crippen LogP contribution in [0.5, 0.6) is 0 Å². The lowest BCUT2D eigenvalue weighted by Gasteiger charge is -1.96. The molecule has 104 valence electrons. The van der Waals surface area contributed by atoms with Crippen LogP contribution >= 0.6 is 0 Å². The van der Waals surface area contributed by atoms with Gasteiger partial charge >= 0.3 is 5.97 Å². The Morgan fingerprint density at radius 2 is 1.44 bits per heavy atom. The lowest BCUT2D eigenvalue weighted by atomic mass is 10.1. The summed E-state index contributed by atoms with van der Waals surface area (Å²) in [4.78, 5) is 10.5. The van der Waals surface area contributed by atoms with E-state index in [9.17, 15) is 4.79 Å². The van der Waals surface area contributed by atoms with Crippen LogP contribution in [0.3, 0.4) is 0 Å². The number of esters is 1. The molecule has 0 rings (SSSR count). The van der Waals surface area contributed by atoms with Crippen LogP contribution in [0, 0.1) is 0 Å². The Labute approximate surface area is 112 Å². The molecule has 0 aromatic carbocycles.